The van der Waals surface area contributed by atoms with Crippen LogP contribution in [0.1, 0.15) is 53.7 Å². The topological polar surface area (TPSA) is 146 Å². The summed E-state index contributed by atoms with van der Waals surface area (Å²) in [5.74, 6) is -1.28. The van der Waals surface area contributed by atoms with E-state index in [-0.39, 0.29) is 42.2 Å². The van der Waals surface area contributed by atoms with Gasteiger partial charge in [-0.25, -0.2) is 23.2 Å². The van der Waals surface area contributed by atoms with E-state index in [0.717, 1.165) is 36.8 Å². The number of sulfonamides is 1. The summed E-state index contributed by atoms with van der Waals surface area (Å²) in [7, 11) is -4.01. The second kappa shape index (κ2) is 13.5. The molecule has 5 rings (SSSR count). The van der Waals surface area contributed by atoms with Gasteiger partial charge in [0, 0.05) is 32.4 Å². The Balaban J connectivity index is 1.42. The number of aromatic nitrogens is 3. The SMILES string of the molecule is CCCCc1ccc(CNC(=O)[C@H]2CN(c3cnc4cncc(C(=O)O)c4n3)CCN2S(=O)(=O)c2ccc(CC)cc2)cc1. The Morgan fingerprint density at radius 1 is 0.955 bits per heavy atom. The van der Waals surface area contributed by atoms with Crippen LogP contribution in [-0.4, -0.2) is 70.3 Å². The number of anilines is 1. The van der Waals surface area contributed by atoms with Crippen LogP contribution >= 0.6 is 0 Å². The van der Waals surface area contributed by atoms with Crippen LogP contribution < -0.4 is 10.2 Å². The van der Waals surface area contributed by atoms with Gasteiger partial charge in [-0.2, -0.15) is 4.31 Å². The summed E-state index contributed by atoms with van der Waals surface area (Å²) in [6.07, 6.45) is 8.12. The number of carbonyl (C=O) groups is 2. The van der Waals surface area contributed by atoms with Crippen molar-refractivity contribution in [3.63, 3.8) is 0 Å². The molecule has 3 heterocycles. The van der Waals surface area contributed by atoms with Crippen LogP contribution in [0, 0.1) is 0 Å². The number of nitrogens with one attached hydrogen (secondary N) is 1. The first-order valence-electron chi connectivity index (χ1n) is 14.8. The zero-order valence-electron chi connectivity index (χ0n) is 24.8. The minimum absolute atomic E-state index is 0.00172. The number of unbranched alkanes of at least 4 members (excludes halogenated alkanes) is 1. The van der Waals surface area contributed by atoms with Crippen molar-refractivity contribution in [2.45, 2.75) is 57.0 Å². The number of amides is 1. The number of rotatable bonds is 11. The Morgan fingerprint density at radius 3 is 2.34 bits per heavy atom. The first-order valence-corrected chi connectivity index (χ1v) is 16.2. The summed E-state index contributed by atoms with van der Waals surface area (Å²) in [5, 5.41) is 12.6. The summed E-state index contributed by atoms with van der Waals surface area (Å²) in [6, 6.07) is 13.7. The Hall–Kier alpha value is -4.42. The Morgan fingerprint density at radius 2 is 1.66 bits per heavy atom. The fraction of sp³-hybridized carbons (Fsp3) is 0.344. The average Bonchev–Trinajstić information content (AvgIpc) is 3.05. The Kier molecular flexibility index (Phi) is 9.50. The molecule has 1 amide bonds. The maximum absolute atomic E-state index is 13.9. The number of benzene rings is 2. The molecule has 0 aliphatic carbocycles. The molecule has 4 aromatic rings. The van der Waals surface area contributed by atoms with Crippen molar-refractivity contribution < 1.29 is 23.1 Å². The van der Waals surface area contributed by atoms with Gasteiger partial charge in [0.25, 0.3) is 0 Å². The first-order chi connectivity index (χ1) is 21.2. The third kappa shape index (κ3) is 6.71. The quantitative estimate of drug-likeness (QED) is 0.257. The van der Waals surface area contributed by atoms with Crippen LogP contribution in [0.3, 0.4) is 0 Å². The molecular formula is C32H36N6O5S. The van der Waals surface area contributed by atoms with E-state index < -0.39 is 27.9 Å². The van der Waals surface area contributed by atoms with Gasteiger partial charge < -0.3 is 15.3 Å². The molecule has 1 atom stereocenters. The summed E-state index contributed by atoms with van der Waals surface area (Å²) in [5.41, 5.74) is 3.54. The summed E-state index contributed by atoms with van der Waals surface area (Å²) < 4.78 is 29.0. The normalized spacial score (nSPS) is 15.8. The molecule has 1 saturated heterocycles. The molecule has 12 heteroatoms. The molecule has 2 aromatic heterocycles. The fourth-order valence-corrected chi connectivity index (χ4v) is 6.82. The van der Waals surface area contributed by atoms with E-state index in [9.17, 15) is 23.1 Å². The summed E-state index contributed by atoms with van der Waals surface area (Å²) in [4.78, 5) is 40.2. The van der Waals surface area contributed by atoms with Gasteiger partial charge in [0.1, 0.15) is 28.5 Å². The van der Waals surface area contributed by atoms with E-state index in [4.69, 9.17) is 0 Å². The van der Waals surface area contributed by atoms with Crippen LogP contribution in [0.4, 0.5) is 5.82 Å². The predicted molar refractivity (Wildman–Crippen MR) is 167 cm³/mol. The molecule has 0 radical (unpaired) electrons. The van der Waals surface area contributed by atoms with Crippen molar-refractivity contribution >= 4 is 38.8 Å². The van der Waals surface area contributed by atoms with E-state index >= 15 is 0 Å². The smallest absolute Gasteiger partial charge is 0.339 e. The molecule has 1 aliphatic heterocycles. The van der Waals surface area contributed by atoms with Gasteiger partial charge >= 0.3 is 5.97 Å². The van der Waals surface area contributed by atoms with Gasteiger partial charge in [0.2, 0.25) is 15.9 Å². The monoisotopic (exact) mass is 616 g/mol. The summed E-state index contributed by atoms with van der Waals surface area (Å²) in [6.45, 7) is 4.63. The lowest BCUT2D eigenvalue weighted by atomic mass is 10.1. The largest absolute Gasteiger partial charge is 0.478 e. The van der Waals surface area contributed by atoms with Gasteiger partial charge in [0.05, 0.1) is 17.3 Å². The third-order valence-electron chi connectivity index (χ3n) is 7.88. The van der Waals surface area contributed by atoms with Gasteiger partial charge in [-0.05, 0) is 48.1 Å². The summed E-state index contributed by atoms with van der Waals surface area (Å²) >= 11 is 0. The van der Waals surface area contributed by atoms with Crippen molar-refractivity contribution in [1.29, 1.82) is 0 Å². The highest BCUT2D eigenvalue weighted by Gasteiger charge is 2.40. The van der Waals surface area contributed by atoms with Gasteiger partial charge in [-0.1, -0.05) is 56.7 Å². The fourth-order valence-electron chi connectivity index (χ4n) is 5.25. The average molecular weight is 617 g/mol. The minimum Gasteiger partial charge on any atom is -0.478 e. The molecule has 1 aliphatic rings. The minimum atomic E-state index is -4.01. The lowest BCUT2D eigenvalue weighted by molar-refractivity contribution is -0.125. The van der Waals surface area contributed by atoms with Crippen LogP contribution in [0.25, 0.3) is 11.0 Å². The number of pyridine rings is 1. The molecule has 44 heavy (non-hydrogen) atoms. The van der Waals surface area contributed by atoms with Crippen molar-refractivity contribution in [2.75, 3.05) is 24.5 Å². The third-order valence-corrected chi connectivity index (χ3v) is 9.80. The van der Waals surface area contributed by atoms with E-state index in [1.165, 1.54) is 28.5 Å². The van der Waals surface area contributed by atoms with Gasteiger partial charge in [-0.15, -0.1) is 0 Å². The van der Waals surface area contributed by atoms with Crippen LogP contribution in [0.2, 0.25) is 0 Å². The zero-order valence-corrected chi connectivity index (χ0v) is 25.6. The molecular weight excluding hydrogens is 580 g/mol. The Bertz CT molecular complexity index is 1750. The number of carboxylic acids is 1. The maximum Gasteiger partial charge on any atom is 0.339 e. The van der Waals surface area contributed by atoms with Crippen molar-refractivity contribution in [3.05, 3.63) is 89.4 Å². The van der Waals surface area contributed by atoms with Crippen molar-refractivity contribution in [3.8, 4) is 0 Å². The second-order valence-corrected chi connectivity index (χ2v) is 12.7. The highest BCUT2D eigenvalue weighted by molar-refractivity contribution is 7.89. The zero-order chi connectivity index (χ0) is 31.3. The van der Waals surface area contributed by atoms with Crippen LogP contribution in [0.5, 0.6) is 0 Å². The van der Waals surface area contributed by atoms with Gasteiger partial charge in [-0.3, -0.25) is 9.78 Å². The lowest BCUT2D eigenvalue weighted by Crippen LogP contribution is -2.60. The number of fused-ring (bicyclic) bond motifs is 1. The maximum atomic E-state index is 13.9. The number of nitrogens with zero attached hydrogens (tertiary/aromatic N) is 5. The molecule has 2 aromatic carbocycles. The molecule has 0 unspecified atom stereocenters. The van der Waals surface area contributed by atoms with E-state index in [1.807, 2.05) is 19.1 Å². The number of carbonyl (C=O) groups excluding carboxylic acids is 1. The Labute approximate surface area is 257 Å². The first kappa shape index (κ1) is 31.0. The number of hydrogen-bond donors (Lipinski definition) is 2. The van der Waals surface area contributed by atoms with Crippen molar-refractivity contribution in [2.24, 2.45) is 0 Å². The standard InChI is InChI=1S/C32H36N6O5S/c1-3-5-6-23-7-9-24(10-8-23)17-35-31(39)28-21-37(29-20-34-27-19-33-18-26(32(40)41)30(27)36-29)15-16-38(28)44(42,43)25-13-11-22(4-2)12-14-25/h7-14,18-20,28H,3-6,15-17,21H2,1-2H3,(H,35,39)(H,40,41)/t28-/m1/s1. The van der Waals surface area contributed by atoms with E-state index in [1.54, 1.807) is 29.2 Å². The number of aryl methyl sites for hydroxylation is 2. The molecule has 2 N–H and O–H groups in total. The molecule has 0 spiro atoms. The highest BCUT2D eigenvalue weighted by Crippen LogP contribution is 2.26. The van der Waals surface area contributed by atoms with E-state index in [0.29, 0.717) is 11.3 Å². The number of aromatic carboxylic acids is 1. The van der Waals surface area contributed by atoms with Crippen LogP contribution in [-0.2, 0) is 34.2 Å². The van der Waals surface area contributed by atoms with Crippen LogP contribution in [0.15, 0.2) is 72.0 Å². The predicted octanol–water partition coefficient (Wildman–Crippen LogP) is 3.82. The molecule has 11 nitrogen and oxygen atoms in total. The molecule has 0 saturated carbocycles. The second-order valence-electron chi connectivity index (χ2n) is 10.8. The molecule has 1 fully saturated rings. The van der Waals surface area contributed by atoms with Crippen molar-refractivity contribution in [1.82, 2.24) is 24.6 Å². The lowest BCUT2D eigenvalue weighted by Gasteiger charge is -2.40. The number of carboxylic acid groups (broad SMARTS) is 1. The number of piperazine rings is 1. The van der Waals surface area contributed by atoms with E-state index in [2.05, 4.69) is 39.3 Å². The highest BCUT2D eigenvalue weighted by atomic mass is 32.2. The number of hydrogen-bond acceptors (Lipinski definition) is 8. The molecule has 230 valence electrons. The van der Waals surface area contributed by atoms with Gasteiger partial charge in [0.15, 0.2) is 0 Å². The molecule has 0 bridgehead atoms.